The maximum Gasteiger partial charge on any atom is 0.239 e. The number of rotatable bonds is 5. The third-order valence-electron chi connectivity index (χ3n) is 1.52. The van der Waals surface area contributed by atoms with Crippen LogP contribution >= 0.6 is 11.8 Å². The van der Waals surface area contributed by atoms with Crippen molar-refractivity contribution in [2.45, 2.75) is 19.1 Å². The van der Waals surface area contributed by atoms with Crippen LogP contribution in [0, 0.1) is 0 Å². The Morgan fingerprint density at radius 1 is 1.38 bits per heavy atom. The van der Waals surface area contributed by atoms with E-state index < -0.39 is 0 Å². The van der Waals surface area contributed by atoms with Crippen LogP contribution in [0.5, 0.6) is 0 Å². The van der Waals surface area contributed by atoms with Gasteiger partial charge in [0.25, 0.3) is 0 Å². The number of hydrogen-bond acceptors (Lipinski definition) is 3. The van der Waals surface area contributed by atoms with Crippen molar-refractivity contribution < 1.29 is 9.59 Å². The Morgan fingerprint density at radius 2 is 2.00 bits per heavy atom. The minimum absolute atomic E-state index is 0.0670. The monoisotopic (exact) mass is 204 g/mol. The van der Waals surface area contributed by atoms with Gasteiger partial charge in [0.15, 0.2) is 0 Å². The van der Waals surface area contributed by atoms with E-state index in [2.05, 4.69) is 10.6 Å². The molecular formula is C8H16N2O2S. The zero-order chi connectivity index (χ0) is 10.3. The Balaban J connectivity index is 3.63. The summed E-state index contributed by atoms with van der Waals surface area (Å²) in [5.41, 5.74) is 0. The molecule has 4 nitrogen and oxygen atoms in total. The van der Waals surface area contributed by atoms with Gasteiger partial charge in [-0.2, -0.15) is 11.8 Å². The molecule has 5 heteroatoms. The molecule has 0 saturated heterocycles. The van der Waals surface area contributed by atoms with E-state index in [1.807, 2.05) is 13.2 Å². The number of likely N-dealkylation sites (N-methyl/N-ethyl adjacent to an activating group) is 1. The first-order valence-electron chi connectivity index (χ1n) is 4.19. The van der Waals surface area contributed by atoms with E-state index in [4.69, 9.17) is 0 Å². The summed E-state index contributed by atoms with van der Waals surface area (Å²) >= 11 is 1.45. The number of amides is 2. The topological polar surface area (TPSA) is 58.2 Å². The van der Waals surface area contributed by atoms with Crippen LogP contribution in [-0.4, -0.2) is 36.4 Å². The normalized spacial score (nSPS) is 11.9. The Kier molecular flexibility index (Phi) is 6.40. The summed E-state index contributed by atoms with van der Waals surface area (Å²) in [6.45, 7) is 4.30. The van der Waals surface area contributed by atoms with Gasteiger partial charge in [0, 0.05) is 6.54 Å². The van der Waals surface area contributed by atoms with E-state index in [1.54, 1.807) is 6.92 Å². The SMILES string of the molecule is CCNC(=O)CNC(=O)C(C)SC. The second kappa shape index (κ2) is 6.77. The number of hydrogen-bond donors (Lipinski definition) is 2. The standard InChI is InChI=1S/C8H16N2O2S/c1-4-9-7(11)5-10-8(12)6(2)13-3/h6H,4-5H2,1-3H3,(H,9,11)(H,10,12). The van der Waals surface area contributed by atoms with Crippen LogP contribution in [0.1, 0.15) is 13.8 Å². The molecule has 0 bridgehead atoms. The molecule has 0 radical (unpaired) electrons. The summed E-state index contributed by atoms with van der Waals surface area (Å²) in [5.74, 6) is -0.247. The van der Waals surface area contributed by atoms with Gasteiger partial charge in [-0.25, -0.2) is 0 Å². The van der Waals surface area contributed by atoms with Gasteiger partial charge in [0.2, 0.25) is 11.8 Å². The van der Waals surface area contributed by atoms with Crippen molar-refractivity contribution in [2.24, 2.45) is 0 Å². The highest BCUT2D eigenvalue weighted by Gasteiger charge is 2.11. The van der Waals surface area contributed by atoms with Crippen LogP contribution in [0.15, 0.2) is 0 Å². The lowest BCUT2D eigenvalue weighted by Gasteiger charge is -2.08. The molecule has 2 N–H and O–H groups in total. The van der Waals surface area contributed by atoms with Gasteiger partial charge in [-0.05, 0) is 20.1 Å². The molecule has 0 aliphatic carbocycles. The Bertz CT molecular complexity index is 185. The van der Waals surface area contributed by atoms with Crippen LogP contribution < -0.4 is 10.6 Å². The predicted octanol–water partition coefficient (Wildman–Crippen LogP) is -0.00980. The van der Waals surface area contributed by atoms with E-state index >= 15 is 0 Å². The van der Waals surface area contributed by atoms with Crippen molar-refractivity contribution in [2.75, 3.05) is 19.3 Å². The number of thioether (sulfide) groups is 1. The zero-order valence-corrected chi connectivity index (χ0v) is 9.03. The van der Waals surface area contributed by atoms with Crippen molar-refractivity contribution in [3.05, 3.63) is 0 Å². The van der Waals surface area contributed by atoms with Crippen molar-refractivity contribution >= 4 is 23.6 Å². The van der Waals surface area contributed by atoms with Crippen LogP contribution in [0.3, 0.4) is 0 Å². The van der Waals surface area contributed by atoms with Crippen molar-refractivity contribution in [3.8, 4) is 0 Å². The Hall–Kier alpha value is -0.710. The van der Waals surface area contributed by atoms with Gasteiger partial charge in [-0.1, -0.05) is 0 Å². The van der Waals surface area contributed by atoms with E-state index in [9.17, 15) is 9.59 Å². The molecule has 1 atom stereocenters. The first-order valence-corrected chi connectivity index (χ1v) is 5.47. The van der Waals surface area contributed by atoms with Gasteiger partial charge in [0.1, 0.15) is 0 Å². The molecule has 0 rings (SSSR count). The molecule has 76 valence electrons. The number of carbonyl (C=O) groups is 2. The highest BCUT2D eigenvalue weighted by atomic mass is 32.2. The Labute approximate surface area is 82.8 Å². The maximum atomic E-state index is 11.2. The number of carbonyl (C=O) groups excluding carboxylic acids is 2. The largest absolute Gasteiger partial charge is 0.355 e. The van der Waals surface area contributed by atoms with E-state index in [1.165, 1.54) is 11.8 Å². The third kappa shape index (κ3) is 5.52. The molecule has 0 aromatic carbocycles. The van der Waals surface area contributed by atoms with Crippen LogP contribution in [0.4, 0.5) is 0 Å². The first kappa shape index (κ1) is 12.3. The molecule has 0 fully saturated rings. The molecule has 0 aromatic rings. The lowest BCUT2D eigenvalue weighted by molar-refractivity contribution is -0.125. The highest BCUT2D eigenvalue weighted by molar-refractivity contribution is 7.99. The molecular weight excluding hydrogens is 188 g/mol. The van der Waals surface area contributed by atoms with Gasteiger partial charge in [-0.15, -0.1) is 0 Å². The molecule has 0 aliphatic heterocycles. The molecule has 0 heterocycles. The summed E-state index contributed by atoms with van der Waals surface area (Å²) in [4.78, 5) is 22.1. The van der Waals surface area contributed by atoms with Gasteiger partial charge in [-0.3, -0.25) is 9.59 Å². The van der Waals surface area contributed by atoms with Crippen LogP contribution in [0.25, 0.3) is 0 Å². The molecule has 0 aliphatic rings. The van der Waals surface area contributed by atoms with Crippen LogP contribution in [0.2, 0.25) is 0 Å². The quantitative estimate of drug-likeness (QED) is 0.662. The summed E-state index contributed by atoms with van der Waals surface area (Å²) in [7, 11) is 0. The molecule has 1 unspecified atom stereocenters. The fourth-order valence-corrected chi connectivity index (χ4v) is 0.975. The van der Waals surface area contributed by atoms with Crippen LogP contribution in [-0.2, 0) is 9.59 Å². The molecule has 0 saturated carbocycles. The van der Waals surface area contributed by atoms with Gasteiger partial charge >= 0.3 is 0 Å². The molecule has 0 aromatic heterocycles. The smallest absolute Gasteiger partial charge is 0.239 e. The lowest BCUT2D eigenvalue weighted by atomic mass is 10.4. The van der Waals surface area contributed by atoms with Gasteiger partial charge < -0.3 is 10.6 Å². The molecule has 2 amide bonds. The molecule has 0 spiro atoms. The minimum atomic E-state index is -0.149. The minimum Gasteiger partial charge on any atom is -0.355 e. The van der Waals surface area contributed by atoms with Gasteiger partial charge in [0.05, 0.1) is 11.8 Å². The zero-order valence-electron chi connectivity index (χ0n) is 8.22. The summed E-state index contributed by atoms with van der Waals surface area (Å²) < 4.78 is 0. The van der Waals surface area contributed by atoms with Crippen molar-refractivity contribution in [3.63, 3.8) is 0 Å². The second-order valence-corrected chi connectivity index (χ2v) is 3.73. The predicted molar refractivity (Wildman–Crippen MR) is 54.7 cm³/mol. The fraction of sp³-hybridized carbons (Fsp3) is 0.750. The summed E-state index contributed by atoms with van der Waals surface area (Å²) in [6, 6.07) is 0. The summed E-state index contributed by atoms with van der Waals surface area (Å²) in [5, 5.41) is 5.04. The highest BCUT2D eigenvalue weighted by Crippen LogP contribution is 2.03. The first-order chi connectivity index (χ1) is 6.11. The average Bonchev–Trinajstić information content (AvgIpc) is 2.13. The maximum absolute atomic E-state index is 11.2. The van der Waals surface area contributed by atoms with E-state index in [0.29, 0.717) is 6.54 Å². The third-order valence-corrected chi connectivity index (χ3v) is 2.44. The van der Waals surface area contributed by atoms with E-state index in [0.717, 1.165) is 0 Å². The van der Waals surface area contributed by atoms with Crippen molar-refractivity contribution in [1.82, 2.24) is 10.6 Å². The number of nitrogens with one attached hydrogen (secondary N) is 2. The second-order valence-electron chi connectivity index (χ2n) is 2.55. The summed E-state index contributed by atoms with van der Waals surface area (Å²) in [6.07, 6.45) is 1.86. The van der Waals surface area contributed by atoms with Crippen molar-refractivity contribution in [1.29, 1.82) is 0 Å². The fourth-order valence-electron chi connectivity index (χ4n) is 0.678. The Morgan fingerprint density at radius 3 is 2.46 bits per heavy atom. The van der Waals surface area contributed by atoms with E-state index in [-0.39, 0.29) is 23.6 Å². The lowest BCUT2D eigenvalue weighted by Crippen LogP contribution is -2.39. The average molecular weight is 204 g/mol. The molecule has 13 heavy (non-hydrogen) atoms.